The van der Waals surface area contributed by atoms with Crippen LogP contribution in [0.4, 0.5) is 8.78 Å². The standard InChI is InChI=1S/C16H16F2O/c1-2-3-10-19-16-9-8-12(11-15(16)18)13-6-4-5-7-14(13)17/h4-9,11H,2-3,10H2,1H3. The van der Waals surface area contributed by atoms with Gasteiger partial charge in [0.25, 0.3) is 0 Å². The molecule has 2 rings (SSSR count). The molecule has 0 N–H and O–H groups in total. The van der Waals surface area contributed by atoms with E-state index in [-0.39, 0.29) is 11.6 Å². The zero-order valence-corrected chi connectivity index (χ0v) is 10.8. The smallest absolute Gasteiger partial charge is 0.165 e. The van der Waals surface area contributed by atoms with E-state index in [4.69, 9.17) is 4.74 Å². The summed E-state index contributed by atoms with van der Waals surface area (Å²) in [6.45, 7) is 2.54. The molecule has 0 radical (unpaired) electrons. The summed E-state index contributed by atoms with van der Waals surface area (Å²) in [5.74, 6) is -0.605. The van der Waals surface area contributed by atoms with Crippen LogP contribution in [-0.4, -0.2) is 6.61 Å². The lowest BCUT2D eigenvalue weighted by atomic mass is 10.0. The molecular weight excluding hydrogens is 246 g/mol. The first-order valence-corrected chi connectivity index (χ1v) is 6.39. The Labute approximate surface area is 111 Å². The molecule has 0 aromatic heterocycles. The summed E-state index contributed by atoms with van der Waals surface area (Å²) >= 11 is 0. The van der Waals surface area contributed by atoms with Crippen LogP contribution in [0.15, 0.2) is 42.5 Å². The van der Waals surface area contributed by atoms with E-state index in [1.54, 1.807) is 30.3 Å². The second-order valence-electron chi connectivity index (χ2n) is 4.33. The molecule has 0 spiro atoms. The van der Waals surface area contributed by atoms with E-state index in [2.05, 4.69) is 0 Å². The molecule has 1 nitrogen and oxygen atoms in total. The lowest BCUT2D eigenvalue weighted by molar-refractivity contribution is 0.294. The van der Waals surface area contributed by atoms with E-state index < -0.39 is 5.82 Å². The van der Waals surface area contributed by atoms with Crippen LogP contribution in [0.1, 0.15) is 19.8 Å². The average molecular weight is 262 g/mol. The fourth-order valence-electron chi connectivity index (χ4n) is 1.81. The highest BCUT2D eigenvalue weighted by Gasteiger charge is 2.08. The van der Waals surface area contributed by atoms with Crippen LogP contribution in [0, 0.1) is 11.6 Å². The Morgan fingerprint density at radius 2 is 1.79 bits per heavy atom. The first kappa shape index (κ1) is 13.5. The second kappa shape index (κ2) is 6.32. The second-order valence-corrected chi connectivity index (χ2v) is 4.33. The van der Waals surface area contributed by atoms with Crippen molar-refractivity contribution in [3.05, 3.63) is 54.1 Å². The first-order valence-electron chi connectivity index (χ1n) is 6.39. The number of ether oxygens (including phenoxy) is 1. The molecule has 3 heteroatoms. The van der Waals surface area contributed by atoms with Crippen molar-refractivity contribution in [2.24, 2.45) is 0 Å². The van der Waals surface area contributed by atoms with Gasteiger partial charge in [-0.1, -0.05) is 37.6 Å². The number of hydrogen-bond acceptors (Lipinski definition) is 1. The Balaban J connectivity index is 2.21. The SMILES string of the molecule is CCCCOc1ccc(-c2ccccc2F)cc1F. The van der Waals surface area contributed by atoms with E-state index in [0.717, 1.165) is 12.8 Å². The Kier molecular flexibility index (Phi) is 4.50. The molecule has 0 amide bonds. The maximum absolute atomic E-state index is 13.8. The van der Waals surface area contributed by atoms with Gasteiger partial charge in [-0.2, -0.15) is 0 Å². The van der Waals surface area contributed by atoms with Crippen LogP contribution in [-0.2, 0) is 0 Å². The van der Waals surface area contributed by atoms with Crippen LogP contribution in [0.25, 0.3) is 11.1 Å². The molecule has 0 aliphatic heterocycles. The summed E-state index contributed by atoms with van der Waals surface area (Å²) < 4.78 is 32.8. The van der Waals surface area contributed by atoms with Crippen molar-refractivity contribution >= 4 is 0 Å². The van der Waals surface area contributed by atoms with E-state index in [9.17, 15) is 8.78 Å². The predicted octanol–water partition coefficient (Wildman–Crippen LogP) is 4.81. The minimum absolute atomic E-state index is 0.216. The Hall–Kier alpha value is -1.90. The third-order valence-electron chi connectivity index (χ3n) is 2.87. The Morgan fingerprint density at radius 1 is 1.00 bits per heavy atom. The molecule has 0 saturated carbocycles. The van der Waals surface area contributed by atoms with Crippen molar-refractivity contribution in [1.29, 1.82) is 0 Å². The van der Waals surface area contributed by atoms with E-state index >= 15 is 0 Å². The van der Waals surface area contributed by atoms with Crippen molar-refractivity contribution in [2.45, 2.75) is 19.8 Å². The van der Waals surface area contributed by atoms with Gasteiger partial charge in [0.2, 0.25) is 0 Å². The van der Waals surface area contributed by atoms with Gasteiger partial charge >= 0.3 is 0 Å². The van der Waals surface area contributed by atoms with Gasteiger partial charge in [-0.25, -0.2) is 8.78 Å². The van der Waals surface area contributed by atoms with Crippen molar-refractivity contribution < 1.29 is 13.5 Å². The molecule has 0 fully saturated rings. The fourth-order valence-corrected chi connectivity index (χ4v) is 1.81. The van der Waals surface area contributed by atoms with Crippen molar-refractivity contribution in [2.75, 3.05) is 6.61 Å². The highest BCUT2D eigenvalue weighted by atomic mass is 19.1. The molecule has 0 bridgehead atoms. The predicted molar refractivity (Wildman–Crippen MR) is 72.2 cm³/mol. The fraction of sp³-hybridized carbons (Fsp3) is 0.250. The van der Waals surface area contributed by atoms with Crippen molar-refractivity contribution in [3.8, 4) is 16.9 Å². The maximum atomic E-state index is 13.8. The molecule has 0 atom stereocenters. The number of hydrogen-bond donors (Lipinski definition) is 0. The van der Waals surface area contributed by atoms with Gasteiger partial charge in [0.15, 0.2) is 11.6 Å². The summed E-state index contributed by atoms with van der Waals surface area (Å²) in [4.78, 5) is 0. The molecule has 0 aliphatic carbocycles. The van der Waals surface area contributed by atoms with Crippen molar-refractivity contribution in [1.82, 2.24) is 0 Å². The lowest BCUT2D eigenvalue weighted by Gasteiger charge is -2.09. The number of rotatable bonds is 5. The minimum atomic E-state index is -0.461. The molecule has 0 heterocycles. The van der Waals surface area contributed by atoms with Gasteiger partial charge in [0.05, 0.1) is 6.61 Å². The van der Waals surface area contributed by atoms with E-state index in [1.807, 2.05) is 6.92 Å². The topological polar surface area (TPSA) is 9.23 Å². The van der Waals surface area contributed by atoms with Crippen LogP contribution in [0.3, 0.4) is 0 Å². The summed E-state index contributed by atoms with van der Waals surface area (Å²) in [7, 11) is 0. The van der Waals surface area contributed by atoms with Gasteiger partial charge in [-0.05, 0) is 30.2 Å². The van der Waals surface area contributed by atoms with Crippen LogP contribution in [0.2, 0.25) is 0 Å². The zero-order chi connectivity index (χ0) is 13.7. The molecule has 2 aromatic rings. The van der Waals surface area contributed by atoms with Crippen LogP contribution >= 0.6 is 0 Å². The van der Waals surface area contributed by atoms with Gasteiger partial charge in [-0.3, -0.25) is 0 Å². The van der Waals surface area contributed by atoms with Gasteiger partial charge in [-0.15, -0.1) is 0 Å². The zero-order valence-electron chi connectivity index (χ0n) is 10.8. The summed E-state index contributed by atoms with van der Waals surface area (Å²) in [5, 5.41) is 0. The van der Waals surface area contributed by atoms with Gasteiger partial charge < -0.3 is 4.74 Å². The third-order valence-corrected chi connectivity index (χ3v) is 2.87. The van der Waals surface area contributed by atoms with Crippen LogP contribution < -0.4 is 4.74 Å². The summed E-state index contributed by atoms with van der Waals surface area (Å²) in [6, 6.07) is 10.8. The Bertz CT molecular complexity index is 552. The summed E-state index contributed by atoms with van der Waals surface area (Å²) in [6.07, 6.45) is 1.88. The normalized spacial score (nSPS) is 10.5. The third kappa shape index (κ3) is 3.31. The maximum Gasteiger partial charge on any atom is 0.165 e. The molecule has 0 aliphatic rings. The molecule has 0 saturated heterocycles. The summed E-state index contributed by atoms with van der Waals surface area (Å²) in [5.41, 5.74) is 0.903. The molecule has 100 valence electrons. The number of benzene rings is 2. The van der Waals surface area contributed by atoms with Gasteiger partial charge in [0.1, 0.15) is 5.82 Å². The van der Waals surface area contributed by atoms with E-state index in [1.165, 1.54) is 12.1 Å². The monoisotopic (exact) mass is 262 g/mol. The average Bonchev–Trinajstić information content (AvgIpc) is 2.41. The van der Waals surface area contributed by atoms with E-state index in [0.29, 0.717) is 17.7 Å². The quantitative estimate of drug-likeness (QED) is 0.702. The van der Waals surface area contributed by atoms with Crippen LogP contribution in [0.5, 0.6) is 5.75 Å². The highest BCUT2D eigenvalue weighted by molar-refractivity contribution is 5.65. The van der Waals surface area contributed by atoms with Gasteiger partial charge in [0, 0.05) is 5.56 Å². The molecular formula is C16H16F2O. The molecule has 0 unspecified atom stereocenters. The Morgan fingerprint density at radius 3 is 2.47 bits per heavy atom. The first-order chi connectivity index (χ1) is 9.22. The van der Waals surface area contributed by atoms with Crippen molar-refractivity contribution in [3.63, 3.8) is 0 Å². The minimum Gasteiger partial charge on any atom is -0.491 e. The number of unbranched alkanes of at least 4 members (excludes halogenated alkanes) is 1. The number of halogens is 2. The lowest BCUT2D eigenvalue weighted by Crippen LogP contribution is -1.98. The molecule has 2 aromatic carbocycles. The largest absolute Gasteiger partial charge is 0.491 e. The highest BCUT2D eigenvalue weighted by Crippen LogP contribution is 2.27. The molecule has 19 heavy (non-hydrogen) atoms.